The third kappa shape index (κ3) is 3.94. The van der Waals surface area contributed by atoms with Gasteiger partial charge in [-0.25, -0.2) is 0 Å². The molecule has 0 aliphatic rings. The number of furan rings is 1. The number of Topliss-reactive ketones (excluding diaryl/α,β-unsaturated/α-hetero) is 1. The molecule has 0 spiro atoms. The van der Waals surface area contributed by atoms with E-state index in [1.807, 2.05) is 0 Å². The molecule has 0 atom stereocenters. The van der Waals surface area contributed by atoms with Gasteiger partial charge in [-0.1, -0.05) is 0 Å². The third-order valence-corrected chi connectivity index (χ3v) is 2.65. The Labute approximate surface area is 111 Å². The number of carbonyl (C=O) groups is 3. The standard InChI is InChI=1S/C13H17NO5/c1-4-14(8-7-12(16)18-3)13(17)11-6-5-10(19-11)9(2)15/h5-6H,4,7-8H2,1-3H3. The maximum atomic E-state index is 12.1. The monoisotopic (exact) mass is 267 g/mol. The zero-order chi connectivity index (χ0) is 14.4. The Kier molecular flexibility index (Phi) is 5.29. The molecule has 1 rings (SSSR count). The zero-order valence-corrected chi connectivity index (χ0v) is 11.3. The van der Waals surface area contributed by atoms with E-state index in [-0.39, 0.29) is 42.1 Å². The minimum absolute atomic E-state index is 0.0944. The summed E-state index contributed by atoms with van der Waals surface area (Å²) in [5.74, 6) is -0.727. The molecule has 6 heteroatoms. The summed E-state index contributed by atoms with van der Waals surface area (Å²) in [6.45, 7) is 3.84. The van der Waals surface area contributed by atoms with Crippen LogP contribution >= 0.6 is 0 Å². The van der Waals surface area contributed by atoms with E-state index in [9.17, 15) is 14.4 Å². The molecule has 0 saturated heterocycles. The van der Waals surface area contributed by atoms with Crippen LogP contribution in [0, 0.1) is 0 Å². The van der Waals surface area contributed by atoms with Crippen LogP contribution in [0.5, 0.6) is 0 Å². The Balaban J connectivity index is 2.71. The normalized spacial score (nSPS) is 10.1. The molecule has 0 bridgehead atoms. The average Bonchev–Trinajstić information content (AvgIpc) is 2.88. The number of carbonyl (C=O) groups excluding carboxylic acids is 3. The summed E-state index contributed by atoms with van der Waals surface area (Å²) < 4.78 is 9.69. The second kappa shape index (κ2) is 6.72. The largest absolute Gasteiger partial charge is 0.469 e. The highest BCUT2D eigenvalue weighted by atomic mass is 16.5. The topological polar surface area (TPSA) is 76.8 Å². The fourth-order valence-electron chi connectivity index (χ4n) is 1.53. The van der Waals surface area contributed by atoms with E-state index < -0.39 is 0 Å². The van der Waals surface area contributed by atoms with E-state index in [1.54, 1.807) is 6.92 Å². The molecule has 0 fully saturated rings. The molecule has 0 saturated carbocycles. The smallest absolute Gasteiger partial charge is 0.307 e. The van der Waals surface area contributed by atoms with Crippen LogP contribution in [-0.4, -0.2) is 42.8 Å². The van der Waals surface area contributed by atoms with Crippen molar-refractivity contribution in [1.29, 1.82) is 0 Å². The first-order chi connectivity index (χ1) is 8.99. The Bertz CT molecular complexity index is 477. The SMILES string of the molecule is CCN(CCC(=O)OC)C(=O)c1ccc(C(C)=O)o1. The van der Waals surface area contributed by atoms with Crippen molar-refractivity contribution >= 4 is 17.7 Å². The summed E-state index contributed by atoms with van der Waals surface area (Å²) in [5, 5.41) is 0. The van der Waals surface area contributed by atoms with Crippen LogP contribution in [0.25, 0.3) is 0 Å². The maximum absolute atomic E-state index is 12.1. The van der Waals surface area contributed by atoms with Crippen LogP contribution in [0.15, 0.2) is 16.5 Å². The lowest BCUT2D eigenvalue weighted by molar-refractivity contribution is -0.140. The minimum atomic E-state index is -0.380. The van der Waals surface area contributed by atoms with Crippen LogP contribution in [0.4, 0.5) is 0 Å². The number of nitrogens with zero attached hydrogens (tertiary/aromatic N) is 1. The summed E-state index contributed by atoms with van der Waals surface area (Å²) in [6, 6.07) is 2.92. The third-order valence-electron chi connectivity index (χ3n) is 2.65. The molecule has 1 amide bonds. The van der Waals surface area contributed by atoms with Crippen molar-refractivity contribution in [3.8, 4) is 0 Å². The Hall–Kier alpha value is -2.11. The Morgan fingerprint density at radius 3 is 2.37 bits per heavy atom. The van der Waals surface area contributed by atoms with E-state index >= 15 is 0 Å². The number of methoxy groups -OCH3 is 1. The van der Waals surface area contributed by atoms with Crippen LogP contribution in [0.2, 0.25) is 0 Å². The predicted octanol–water partition coefficient (Wildman–Crippen LogP) is 1.51. The lowest BCUT2D eigenvalue weighted by Crippen LogP contribution is -2.32. The van der Waals surface area contributed by atoms with E-state index in [2.05, 4.69) is 4.74 Å². The lowest BCUT2D eigenvalue weighted by atomic mass is 10.3. The fraction of sp³-hybridized carbons (Fsp3) is 0.462. The van der Waals surface area contributed by atoms with Gasteiger partial charge >= 0.3 is 5.97 Å². The first kappa shape index (κ1) is 14.9. The van der Waals surface area contributed by atoms with Gasteiger partial charge in [-0.2, -0.15) is 0 Å². The average molecular weight is 267 g/mol. The molecule has 104 valence electrons. The molecule has 1 heterocycles. The van der Waals surface area contributed by atoms with Crippen molar-refractivity contribution in [3.05, 3.63) is 23.7 Å². The van der Waals surface area contributed by atoms with Gasteiger partial charge in [0, 0.05) is 20.0 Å². The molecular formula is C13H17NO5. The van der Waals surface area contributed by atoms with Gasteiger partial charge in [0.05, 0.1) is 13.5 Å². The highest BCUT2D eigenvalue weighted by Gasteiger charge is 2.19. The summed E-state index contributed by atoms with van der Waals surface area (Å²) in [7, 11) is 1.30. The van der Waals surface area contributed by atoms with Gasteiger partial charge in [-0.15, -0.1) is 0 Å². The van der Waals surface area contributed by atoms with Crippen molar-refractivity contribution in [2.24, 2.45) is 0 Å². The number of esters is 1. The molecule has 0 aliphatic heterocycles. The number of ketones is 1. The number of amides is 1. The van der Waals surface area contributed by atoms with Crippen LogP contribution in [0.1, 0.15) is 41.4 Å². The molecule has 0 unspecified atom stereocenters. The van der Waals surface area contributed by atoms with Crippen LogP contribution < -0.4 is 0 Å². The first-order valence-corrected chi connectivity index (χ1v) is 5.96. The first-order valence-electron chi connectivity index (χ1n) is 5.96. The van der Waals surface area contributed by atoms with Gasteiger partial charge in [0.25, 0.3) is 5.91 Å². The van der Waals surface area contributed by atoms with Gasteiger partial charge in [-0.3, -0.25) is 14.4 Å². The molecule has 1 aromatic rings. The molecule has 6 nitrogen and oxygen atoms in total. The van der Waals surface area contributed by atoms with Crippen molar-refractivity contribution in [1.82, 2.24) is 4.90 Å². The molecule has 0 aromatic carbocycles. The van der Waals surface area contributed by atoms with E-state index in [4.69, 9.17) is 4.42 Å². The van der Waals surface area contributed by atoms with Gasteiger partial charge in [-0.05, 0) is 19.1 Å². The Morgan fingerprint density at radius 1 is 1.26 bits per heavy atom. The predicted molar refractivity (Wildman–Crippen MR) is 66.9 cm³/mol. The van der Waals surface area contributed by atoms with Gasteiger partial charge < -0.3 is 14.1 Å². The molecule has 0 N–H and O–H groups in total. The second-order valence-electron chi connectivity index (χ2n) is 3.93. The van der Waals surface area contributed by atoms with Crippen molar-refractivity contribution < 1.29 is 23.5 Å². The van der Waals surface area contributed by atoms with Crippen molar-refractivity contribution in [2.75, 3.05) is 20.2 Å². The molecule has 1 aromatic heterocycles. The van der Waals surface area contributed by atoms with E-state index in [0.29, 0.717) is 6.54 Å². The maximum Gasteiger partial charge on any atom is 0.307 e. The number of ether oxygens (including phenoxy) is 1. The fourth-order valence-corrected chi connectivity index (χ4v) is 1.53. The van der Waals surface area contributed by atoms with Crippen molar-refractivity contribution in [3.63, 3.8) is 0 Å². The van der Waals surface area contributed by atoms with E-state index in [1.165, 1.54) is 31.1 Å². The number of hydrogen-bond donors (Lipinski definition) is 0. The van der Waals surface area contributed by atoms with Gasteiger partial charge in [0.1, 0.15) is 0 Å². The summed E-state index contributed by atoms with van der Waals surface area (Å²) >= 11 is 0. The highest BCUT2D eigenvalue weighted by molar-refractivity contribution is 5.95. The molecule has 0 radical (unpaired) electrons. The summed E-state index contributed by atoms with van der Waals surface area (Å²) in [4.78, 5) is 35.7. The quantitative estimate of drug-likeness (QED) is 0.576. The van der Waals surface area contributed by atoms with Gasteiger partial charge in [0.15, 0.2) is 17.3 Å². The van der Waals surface area contributed by atoms with Gasteiger partial charge in [0.2, 0.25) is 0 Å². The Morgan fingerprint density at radius 2 is 1.89 bits per heavy atom. The highest BCUT2D eigenvalue weighted by Crippen LogP contribution is 2.11. The lowest BCUT2D eigenvalue weighted by Gasteiger charge is -2.18. The zero-order valence-electron chi connectivity index (χ0n) is 11.3. The number of rotatable bonds is 6. The molecule has 0 aliphatic carbocycles. The van der Waals surface area contributed by atoms with Crippen molar-refractivity contribution in [2.45, 2.75) is 20.3 Å². The summed E-state index contributed by atoms with van der Waals surface area (Å²) in [6.07, 6.45) is 0.121. The minimum Gasteiger partial charge on any atom is -0.469 e. The second-order valence-corrected chi connectivity index (χ2v) is 3.93. The number of hydrogen-bond acceptors (Lipinski definition) is 5. The molecule has 19 heavy (non-hydrogen) atoms. The molecular weight excluding hydrogens is 250 g/mol. The van der Waals surface area contributed by atoms with Crippen LogP contribution in [0.3, 0.4) is 0 Å². The summed E-state index contributed by atoms with van der Waals surface area (Å²) in [5.41, 5.74) is 0. The van der Waals surface area contributed by atoms with E-state index in [0.717, 1.165) is 0 Å². The van der Waals surface area contributed by atoms with Crippen LogP contribution in [-0.2, 0) is 9.53 Å².